The standard InChI is InChI=1S/C16H21NO3S/c1-3-21(20)11-9-17-16(19)15-8-7-13(2)14(12-15)6-4-5-10-18/h7-8,12,18H,3,5,9-11H2,1-2H3,(H,17,19). The summed E-state index contributed by atoms with van der Waals surface area (Å²) in [5.74, 6) is 6.69. The molecule has 0 aliphatic carbocycles. The summed E-state index contributed by atoms with van der Waals surface area (Å²) in [6.07, 6.45) is 0.415. The zero-order chi connectivity index (χ0) is 15.7. The highest BCUT2D eigenvalue weighted by Gasteiger charge is 2.07. The monoisotopic (exact) mass is 307 g/mol. The molecular formula is C16H21NO3S. The van der Waals surface area contributed by atoms with Gasteiger partial charge < -0.3 is 10.4 Å². The van der Waals surface area contributed by atoms with E-state index in [4.69, 9.17) is 5.11 Å². The van der Waals surface area contributed by atoms with Crippen LogP contribution in [-0.4, -0.2) is 39.9 Å². The van der Waals surface area contributed by atoms with Gasteiger partial charge in [0.1, 0.15) is 0 Å². The van der Waals surface area contributed by atoms with E-state index in [1.165, 1.54) is 0 Å². The minimum atomic E-state index is -0.874. The molecule has 114 valence electrons. The lowest BCUT2D eigenvalue weighted by Gasteiger charge is -2.06. The van der Waals surface area contributed by atoms with Crippen molar-refractivity contribution in [3.05, 3.63) is 34.9 Å². The van der Waals surface area contributed by atoms with Crippen molar-refractivity contribution in [3.63, 3.8) is 0 Å². The third-order valence-electron chi connectivity index (χ3n) is 2.90. The van der Waals surface area contributed by atoms with Gasteiger partial charge in [-0.15, -0.1) is 0 Å². The number of amides is 1. The third-order valence-corrected chi connectivity index (χ3v) is 4.20. The Labute approximate surface area is 128 Å². The lowest BCUT2D eigenvalue weighted by atomic mass is 10.0. The van der Waals surface area contributed by atoms with E-state index >= 15 is 0 Å². The molecule has 1 amide bonds. The maximum absolute atomic E-state index is 12.0. The molecule has 1 unspecified atom stereocenters. The largest absolute Gasteiger partial charge is 0.395 e. The van der Waals surface area contributed by atoms with Crippen LogP contribution in [0.2, 0.25) is 0 Å². The van der Waals surface area contributed by atoms with Crippen LogP contribution in [0.1, 0.15) is 34.8 Å². The van der Waals surface area contributed by atoms with Crippen molar-refractivity contribution in [2.75, 3.05) is 24.7 Å². The first-order chi connectivity index (χ1) is 10.1. The molecule has 4 nitrogen and oxygen atoms in total. The predicted molar refractivity (Wildman–Crippen MR) is 85.6 cm³/mol. The van der Waals surface area contributed by atoms with E-state index in [0.29, 0.717) is 30.0 Å². The lowest BCUT2D eigenvalue weighted by molar-refractivity contribution is 0.0956. The van der Waals surface area contributed by atoms with Gasteiger partial charge in [0.2, 0.25) is 0 Å². The molecule has 1 aromatic carbocycles. The first-order valence-corrected chi connectivity index (χ1v) is 8.40. The van der Waals surface area contributed by atoms with Gasteiger partial charge >= 0.3 is 0 Å². The minimum absolute atomic E-state index is 0.0286. The summed E-state index contributed by atoms with van der Waals surface area (Å²) in [5.41, 5.74) is 2.31. The maximum Gasteiger partial charge on any atom is 0.251 e. The number of hydrogen-bond donors (Lipinski definition) is 2. The average molecular weight is 307 g/mol. The Kier molecular flexibility index (Phi) is 7.73. The van der Waals surface area contributed by atoms with Crippen LogP contribution < -0.4 is 5.32 Å². The minimum Gasteiger partial charge on any atom is -0.395 e. The normalized spacial score (nSPS) is 11.4. The fraction of sp³-hybridized carbons (Fsp3) is 0.438. The predicted octanol–water partition coefficient (Wildman–Crippen LogP) is 1.23. The number of carbonyl (C=O) groups is 1. The molecule has 0 heterocycles. The fourth-order valence-corrected chi connectivity index (χ4v) is 2.25. The van der Waals surface area contributed by atoms with Crippen LogP contribution in [0.5, 0.6) is 0 Å². The summed E-state index contributed by atoms with van der Waals surface area (Å²) in [6, 6.07) is 5.34. The van der Waals surface area contributed by atoms with Crippen molar-refractivity contribution >= 4 is 16.7 Å². The molecule has 0 fully saturated rings. The molecule has 0 radical (unpaired) electrons. The van der Waals surface area contributed by atoms with Crippen molar-refractivity contribution in [3.8, 4) is 11.8 Å². The molecule has 21 heavy (non-hydrogen) atoms. The molecule has 0 saturated heterocycles. The summed E-state index contributed by atoms with van der Waals surface area (Å²) < 4.78 is 11.3. The smallest absolute Gasteiger partial charge is 0.251 e. The molecule has 2 N–H and O–H groups in total. The van der Waals surface area contributed by atoms with Crippen molar-refractivity contribution in [2.24, 2.45) is 0 Å². The first-order valence-electron chi connectivity index (χ1n) is 6.92. The Morgan fingerprint density at radius 2 is 2.19 bits per heavy atom. The fourth-order valence-electron chi connectivity index (χ4n) is 1.64. The second-order valence-electron chi connectivity index (χ2n) is 4.49. The van der Waals surface area contributed by atoms with Crippen molar-refractivity contribution in [1.29, 1.82) is 0 Å². The highest BCUT2D eigenvalue weighted by atomic mass is 32.2. The van der Waals surface area contributed by atoms with Gasteiger partial charge in [0, 0.05) is 46.4 Å². The molecule has 0 saturated carbocycles. The van der Waals surface area contributed by atoms with Crippen LogP contribution in [-0.2, 0) is 10.8 Å². The topological polar surface area (TPSA) is 66.4 Å². The SMILES string of the molecule is CCS(=O)CCNC(=O)c1ccc(C)c(C#CCCO)c1. The van der Waals surface area contributed by atoms with Crippen LogP contribution in [0.25, 0.3) is 0 Å². The Bertz CT molecular complexity index is 573. The number of aliphatic hydroxyl groups is 1. The number of nitrogens with one attached hydrogen (secondary N) is 1. The van der Waals surface area contributed by atoms with Crippen LogP contribution >= 0.6 is 0 Å². The van der Waals surface area contributed by atoms with E-state index in [-0.39, 0.29) is 12.5 Å². The summed E-state index contributed by atoms with van der Waals surface area (Å²) in [6.45, 7) is 4.21. The number of carbonyl (C=O) groups excluding carboxylic acids is 1. The van der Waals surface area contributed by atoms with Crippen LogP contribution in [0.3, 0.4) is 0 Å². The summed E-state index contributed by atoms with van der Waals surface area (Å²) >= 11 is 0. The Hall–Kier alpha value is -1.64. The number of rotatable bonds is 6. The molecule has 1 aromatic rings. The number of benzene rings is 1. The van der Waals surface area contributed by atoms with E-state index in [1.807, 2.05) is 19.9 Å². The van der Waals surface area contributed by atoms with Gasteiger partial charge in [-0.1, -0.05) is 24.8 Å². The van der Waals surface area contributed by atoms with Crippen molar-refractivity contribution in [1.82, 2.24) is 5.32 Å². The second kappa shape index (κ2) is 9.32. The highest BCUT2D eigenvalue weighted by molar-refractivity contribution is 7.84. The lowest BCUT2D eigenvalue weighted by Crippen LogP contribution is -2.28. The van der Waals surface area contributed by atoms with Gasteiger partial charge in [-0.2, -0.15) is 0 Å². The number of aryl methyl sites for hydroxylation is 1. The van der Waals surface area contributed by atoms with E-state index in [2.05, 4.69) is 17.2 Å². The van der Waals surface area contributed by atoms with Gasteiger partial charge in [-0.05, 0) is 24.6 Å². The molecule has 0 bridgehead atoms. The first kappa shape index (κ1) is 17.4. The Morgan fingerprint density at radius 1 is 1.43 bits per heavy atom. The zero-order valence-corrected chi connectivity index (χ0v) is 13.3. The molecule has 5 heteroatoms. The van der Waals surface area contributed by atoms with Gasteiger partial charge in [-0.3, -0.25) is 9.00 Å². The zero-order valence-electron chi connectivity index (χ0n) is 12.4. The molecule has 0 aromatic heterocycles. The molecule has 1 rings (SSSR count). The van der Waals surface area contributed by atoms with Gasteiger partial charge in [0.25, 0.3) is 5.91 Å². The Morgan fingerprint density at radius 3 is 2.86 bits per heavy atom. The second-order valence-corrected chi connectivity index (χ2v) is 6.36. The van der Waals surface area contributed by atoms with Gasteiger partial charge in [0.05, 0.1) is 6.61 Å². The van der Waals surface area contributed by atoms with E-state index < -0.39 is 10.8 Å². The van der Waals surface area contributed by atoms with Gasteiger partial charge in [0.15, 0.2) is 0 Å². The average Bonchev–Trinajstić information content (AvgIpc) is 2.49. The molecular weight excluding hydrogens is 286 g/mol. The summed E-state index contributed by atoms with van der Waals surface area (Å²) in [7, 11) is -0.874. The van der Waals surface area contributed by atoms with E-state index in [1.54, 1.807) is 12.1 Å². The maximum atomic E-state index is 12.0. The Balaban J connectivity index is 2.71. The molecule has 1 atom stereocenters. The molecule has 0 aliphatic rings. The van der Waals surface area contributed by atoms with Crippen LogP contribution in [0, 0.1) is 18.8 Å². The van der Waals surface area contributed by atoms with Crippen LogP contribution in [0.15, 0.2) is 18.2 Å². The van der Waals surface area contributed by atoms with Gasteiger partial charge in [-0.25, -0.2) is 0 Å². The quantitative estimate of drug-likeness (QED) is 0.777. The van der Waals surface area contributed by atoms with Crippen LogP contribution in [0.4, 0.5) is 0 Å². The van der Waals surface area contributed by atoms with Crippen molar-refractivity contribution in [2.45, 2.75) is 20.3 Å². The number of aliphatic hydroxyl groups excluding tert-OH is 1. The van der Waals surface area contributed by atoms with E-state index in [9.17, 15) is 9.00 Å². The molecule has 0 aliphatic heterocycles. The van der Waals surface area contributed by atoms with E-state index in [0.717, 1.165) is 11.1 Å². The molecule has 0 spiro atoms. The van der Waals surface area contributed by atoms with Crippen molar-refractivity contribution < 1.29 is 14.1 Å². The number of hydrogen-bond acceptors (Lipinski definition) is 3. The highest BCUT2D eigenvalue weighted by Crippen LogP contribution is 2.10. The third kappa shape index (κ3) is 6.11. The summed E-state index contributed by atoms with van der Waals surface area (Å²) in [4.78, 5) is 12.0. The summed E-state index contributed by atoms with van der Waals surface area (Å²) in [5, 5.41) is 11.5.